The van der Waals surface area contributed by atoms with Crippen LogP contribution in [-0.2, 0) is 0 Å². The molecule has 0 saturated heterocycles. The van der Waals surface area contributed by atoms with Crippen molar-refractivity contribution in [1.29, 1.82) is 0 Å². The van der Waals surface area contributed by atoms with Crippen LogP contribution in [0.5, 0.6) is 0 Å². The summed E-state index contributed by atoms with van der Waals surface area (Å²) in [6.07, 6.45) is 6.84. The number of fused-ring (bicyclic) bond motifs is 1. The molecule has 2 atom stereocenters. The molecule has 1 fully saturated rings. The second-order valence-electron chi connectivity index (χ2n) is 6.55. The van der Waals surface area contributed by atoms with E-state index in [2.05, 4.69) is 45.0 Å². The molecular weight excluding hydrogens is 216 g/mol. The van der Waals surface area contributed by atoms with Gasteiger partial charge in [-0.25, -0.2) is 0 Å². The van der Waals surface area contributed by atoms with Crippen LogP contribution >= 0.6 is 0 Å². The van der Waals surface area contributed by atoms with Gasteiger partial charge in [0.05, 0.1) is 0 Å². The predicted molar refractivity (Wildman–Crippen MR) is 77.8 cm³/mol. The quantitative estimate of drug-likeness (QED) is 0.578. The number of aryl methyl sites for hydroxylation is 1. The van der Waals surface area contributed by atoms with Crippen molar-refractivity contribution in [3.63, 3.8) is 0 Å². The third-order valence-electron chi connectivity index (χ3n) is 5.34. The lowest BCUT2D eigenvalue weighted by Gasteiger charge is -2.39. The van der Waals surface area contributed by atoms with E-state index in [0.29, 0.717) is 5.41 Å². The molecule has 2 aliphatic carbocycles. The van der Waals surface area contributed by atoms with Crippen LogP contribution in [0.1, 0.15) is 63.0 Å². The molecule has 3 rings (SSSR count). The smallest absolute Gasteiger partial charge is 0.00334 e. The maximum absolute atomic E-state index is 2.52. The van der Waals surface area contributed by atoms with Crippen molar-refractivity contribution in [3.8, 4) is 0 Å². The van der Waals surface area contributed by atoms with Crippen LogP contribution < -0.4 is 0 Å². The topological polar surface area (TPSA) is 0 Å². The van der Waals surface area contributed by atoms with E-state index < -0.39 is 0 Å². The van der Waals surface area contributed by atoms with Crippen molar-refractivity contribution in [1.82, 2.24) is 0 Å². The third kappa shape index (κ3) is 1.74. The Labute approximate surface area is 111 Å². The maximum Gasteiger partial charge on any atom is -0.00334 e. The summed E-state index contributed by atoms with van der Waals surface area (Å²) in [6, 6.07) is 9.26. The van der Waals surface area contributed by atoms with Crippen LogP contribution in [0.15, 0.2) is 35.4 Å². The van der Waals surface area contributed by atoms with Gasteiger partial charge in [0.1, 0.15) is 0 Å². The van der Waals surface area contributed by atoms with E-state index in [0.717, 1.165) is 5.92 Å². The monoisotopic (exact) mass is 240 g/mol. The van der Waals surface area contributed by atoms with E-state index in [1.54, 1.807) is 16.7 Å². The van der Waals surface area contributed by atoms with Gasteiger partial charge in [-0.2, -0.15) is 0 Å². The van der Waals surface area contributed by atoms with Gasteiger partial charge in [-0.1, -0.05) is 54.3 Å². The van der Waals surface area contributed by atoms with Crippen LogP contribution in [-0.4, -0.2) is 0 Å². The molecule has 1 aromatic rings. The number of rotatable bonds is 1. The molecule has 0 unspecified atom stereocenters. The van der Waals surface area contributed by atoms with E-state index in [4.69, 9.17) is 0 Å². The molecule has 0 heterocycles. The third-order valence-corrected chi connectivity index (χ3v) is 5.34. The number of benzene rings is 1. The van der Waals surface area contributed by atoms with Crippen LogP contribution in [0.2, 0.25) is 0 Å². The molecule has 0 bridgehead atoms. The van der Waals surface area contributed by atoms with Crippen LogP contribution in [0.25, 0.3) is 0 Å². The molecule has 0 aromatic heterocycles. The predicted octanol–water partition coefficient (Wildman–Crippen LogP) is 5.38. The highest BCUT2D eigenvalue weighted by Gasteiger charge is 2.44. The first-order chi connectivity index (χ1) is 8.61. The minimum atomic E-state index is 0.456. The lowest BCUT2D eigenvalue weighted by molar-refractivity contribution is 0.266. The first-order valence-corrected chi connectivity index (χ1v) is 7.37. The van der Waals surface area contributed by atoms with E-state index in [9.17, 15) is 0 Å². The molecule has 0 radical (unpaired) electrons. The number of hydrogen-bond acceptors (Lipinski definition) is 0. The van der Waals surface area contributed by atoms with Crippen molar-refractivity contribution in [2.45, 2.75) is 58.8 Å². The summed E-state index contributed by atoms with van der Waals surface area (Å²) in [4.78, 5) is 0. The summed E-state index contributed by atoms with van der Waals surface area (Å²) in [5.74, 6) is 0.730. The zero-order chi connectivity index (χ0) is 12.8. The Morgan fingerprint density at radius 1 is 1.06 bits per heavy atom. The van der Waals surface area contributed by atoms with Gasteiger partial charge in [-0.3, -0.25) is 0 Å². The molecule has 18 heavy (non-hydrogen) atoms. The van der Waals surface area contributed by atoms with E-state index in [1.165, 1.54) is 37.7 Å². The summed E-state index contributed by atoms with van der Waals surface area (Å²) in [5.41, 5.74) is 6.86. The standard InChI is InChI=1S/C18H24/c1-13-7-9-15(10-8-13)17-12-14(2)16-6-4-5-11-18(16,17)3/h7-10,17H,4-6,11-12H2,1-3H3/t17-,18+/m0/s1. The first kappa shape index (κ1) is 12.0. The fourth-order valence-corrected chi connectivity index (χ4v) is 4.25. The Hall–Kier alpha value is -1.04. The Balaban J connectivity index is 1.98. The minimum Gasteiger partial charge on any atom is -0.0729 e. The number of allylic oxidation sites excluding steroid dienone is 2. The zero-order valence-electron chi connectivity index (χ0n) is 11.9. The molecule has 0 N–H and O–H groups in total. The van der Waals surface area contributed by atoms with Gasteiger partial charge in [0.15, 0.2) is 0 Å². The van der Waals surface area contributed by atoms with Gasteiger partial charge in [0.2, 0.25) is 0 Å². The molecule has 0 aliphatic heterocycles. The second kappa shape index (κ2) is 4.26. The summed E-state index contributed by atoms with van der Waals surface area (Å²) < 4.78 is 0. The highest BCUT2D eigenvalue weighted by Crippen LogP contribution is 2.58. The van der Waals surface area contributed by atoms with Gasteiger partial charge in [-0.15, -0.1) is 0 Å². The van der Waals surface area contributed by atoms with Crippen molar-refractivity contribution < 1.29 is 0 Å². The van der Waals surface area contributed by atoms with Gasteiger partial charge in [-0.05, 0) is 56.4 Å². The summed E-state index contributed by atoms with van der Waals surface area (Å²) in [5, 5.41) is 0. The van der Waals surface area contributed by atoms with Gasteiger partial charge >= 0.3 is 0 Å². The fraction of sp³-hybridized carbons (Fsp3) is 0.556. The highest BCUT2D eigenvalue weighted by molar-refractivity contribution is 5.39. The second-order valence-corrected chi connectivity index (χ2v) is 6.55. The zero-order valence-corrected chi connectivity index (χ0v) is 11.9. The summed E-state index contributed by atoms with van der Waals surface area (Å²) >= 11 is 0. The van der Waals surface area contributed by atoms with E-state index >= 15 is 0 Å². The van der Waals surface area contributed by atoms with Crippen molar-refractivity contribution in [3.05, 3.63) is 46.5 Å². The van der Waals surface area contributed by atoms with Crippen molar-refractivity contribution in [2.24, 2.45) is 5.41 Å². The van der Waals surface area contributed by atoms with Gasteiger partial charge in [0.25, 0.3) is 0 Å². The minimum absolute atomic E-state index is 0.456. The van der Waals surface area contributed by atoms with E-state index in [-0.39, 0.29) is 0 Å². The van der Waals surface area contributed by atoms with Crippen LogP contribution in [0.3, 0.4) is 0 Å². The Bertz CT molecular complexity index is 477. The lowest BCUT2D eigenvalue weighted by Crippen LogP contribution is -2.26. The molecule has 0 amide bonds. The molecular formula is C18H24. The molecule has 0 nitrogen and oxygen atoms in total. The molecule has 0 heteroatoms. The molecule has 2 aliphatic rings. The molecule has 1 saturated carbocycles. The van der Waals surface area contributed by atoms with E-state index in [1.807, 2.05) is 0 Å². The average Bonchev–Trinajstić information content (AvgIpc) is 2.63. The SMILES string of the molecule is CC1=C2CCCC[C@@]2(C)[C@H](c2ccc(C)cc2)C1. The maximum atomic E-state index is 2.52. The van der Waals surface area contributed by atoms with Crippen LogP contribution in [0, 0.1) is 12.3 Å². The highest BCUT2D eigenvalue weighted by atomic mass is 14.5. The molecule has 1 aromatic carbocycles. The average molecular weight is 240 g/mol. The molecule has 0 spiro atoms. The Morgan fingerprint density at radius 2 is 1.78 bits per heavy atom. The summed E-state index contributed by atoms with van der Waals surface area (Å²) in [6.45, 7) is 7.06. The van der Waals surface area contributed by atoms with Gasteiger partial charge < -0.3 is 0 Å². The number of hydrogen-bond donors (Lipinski definition) is 0. The first-order valence-electron chi connectivity index (χ1n) is 7.37. The van der Waals surface area contributed by atoms with Crippen molar-refractivity contribution >= 4 is 0 Å². The van der Waals surface area contributed by atoms with Crippen LogP contribution in [0.4, 0.5) is 0 Å². The lowest BCUT2D eigenvalue weighted by atomic mass is 9.65. The van der Waals surface area contributed by atoms with Crippen molar-refractivity contribution in [2.75, 3.05) is 0 Å². The fourth-order valence-electron chi connectivity index (χ4n) is 4.25. The van der Waals surface area contributed by atoms with Gasteiger partial charge in [0, 0.05) is 0 Å². The molecule has 96 valence electrons. The normalized spacial score (nSPS) is 31.6. The summed E-state index contributed by atoms with van der Waals surface area (Å²) in [7, 11) is 0. The largest absolute Gasteiger partial charge is 0.0729 e. The Kier molecular flexibility index (Phi) is 2.84. The Morgan fingerprint density at radius 3 is 2.50 bits per heavy atom.